The van der Waals surface area contributed by atoms with Crippen molar-refractivity contribution in [1.82, 2.24) is 0 Å². The molecule has 1 aromatic heterocycles. The summed E-state index contributed by atoms with van der Waals surface area (Å²) in [6, 6.07) is 9.40. The summed E-state index contributed by atoms with van der Waals surface area (Å²) in [5.41, 5.74) is 2.98. The van der Waals surface area contributed by atoms with Crippen LogP contribution in [0.5, 0.6) is 0 Å². The van der Waals surface area contributed by atoms with Gasteiger partial charge in [-0.25, -0.2) is 4.79 Å². The van der Waals surface area contributed by atoms with E-state index in [-0.39, 0.29) is 12.5 Å². The Labute approximate surface area is 158 Å². The van der Waals surface area contributed by atoms with Crippen molar-refractivity contribution in [2.24, 2.45) is 5.92 Å². The van der Waals surface area contributed by atoms with Crippen molar-refractivity contribution < 1.29 is 14.3 Å². The van der Waals surface area contributed by atoms with Gasteiger partial charge in [-0.1, -0.05) is 6.92 Å². The van der Waals surface area contributed by atoms with E-state index in [2.05, 4.69) is 12.2 Å². The van der Waals surface area contributed by atoms with Crippen LogP contribution in [-0.4, -0.2) is 32.6 Å². The summed E-state index contributed by atoms with van der Waals surface area (Å²) in [7, 11) is 3.91. The van der Waals surface area contributed by atoms with E-state index in [0.717, 1.165) is 24.9 Å². The average Bonchev–Trinajstić information content (AvgIpc) is 3.03. The molecular weight excluding hydrogens is 348 g/mol. The van der Waals surface area contributed by atoms with Gasteiger partial charge in [0.2, 0.25) is 0 Å². The van der Waals surface area contributed by atoms with Crippen molar-refractivity contribution in [3.05, 3.63) is 45.6 Å². The van der Waals surface area contributed by atoms with E-state index in [4.69, 9.17) is 4.74 Å². The van der Waals surface area contributed by atoms with Crippen LogP contribution >= 0.6 is 11.3 Å². The lowest BCUT2D eigenvalue weighted by molar-refractivity contribution is -0.119. The molecule has 0 fully saturated rings. The zero-order chi connectivity index (χ0) is 18.7. The molecule has 5 nitrogen and oxygen atoms in total. The molecule has 1 heterocycles. The standard InChI is InChI=1S/C20H24N2O3S/c1-13-4-9-17-14(10-13)11-18(26-17)20(24)25-12-19(23)21-15-5-7-16(8-6-15)22(2)3/h5-8,11,13H,4,9-10,12H2,1-3H3,(H,21,23)/t13-/m0/s1. The van der Waals surface area contributed by atoms with Crippen LogP contribution in [0.3, 0.4) is 0 Å². The van der Waals surface area contributed by atoms with Gasteiger partial charge in [0.25, 0.3) is 5.91 Å². The van der Waals surface area contributed by atoms with Gasteiger partial charge in [-0.05, 0) is 61.1 Å². The van der Waals surface area contributed by atoms with Crippen LogP contribution in [0.15, 0.2) is 30.3 Å². The number of amides is 1. The predicted octanol–water partition coefficient (Wildman–Crippen LogP) is 3.73. The van der Waals surface area contributed by atoms with Crippen molar-refractivity contribution in [3.8, 4) is 0 Å². The number of nitrogens with one attached hydrogen (secondary N) is 1. The summed E-state index contributed by atoms with van der Waals surface area (Å²) in [6.45, 7) is 1.95. The van der Waals surface area contributed by atoms with E-state index in [1.807, 2.05) is 49.3 Å². The fourth-order valence-corrected chi connectivity index (χ4v) is 4.15. The third-order valence-corrected chi connectivity index (χ3v) is 5.75. The first-order chi connectivity index (χ1) is 12.4. The lowest BCUT2D eigenvalue weighted by Crippen LogP contribution is -2.20. The molecule has 26 heavy (non-hydrogen) atoms. The fourth-order valence-electron chi connectivity index (χ4n) is 3.05. The summed E-state index contributed by atoms with van der Waals surface area (Å²) < 4.78 is 5.18. The molecule has 6 heteroatoms. The molecule has 1 aromatic carbocycles. The Hall–Kier alpha value is -2.34. The first-order valence-electron chi connectivity index (χ1n) is 8.78. The number of ether oxygens (including phenoxy) is 1. The van der Waals surface area contributed by atoms with Gasteiger partial charge in [-0.2, -0.15) is 0 Å². The van der Waals surface area contributed by atoms with Crippen LogP contribution in [0.2, 0.25) is 0 Å². The van der Waals surface area contributed by atoms with E-state index >= 15 is 0 Å². The van der Waals surface area contributed by atoms with Gasteiger partial charge in [0, 0.05) is 30.3 Å². The maximum atomic E-state index is 12.2. The van der Waals surface area contributed by atoms with Gasteiger partial charge < -0.3 is 15.0 Å². The lowest BCUT2D eigenvalue weighted by Gasteiger charge is -2.16. The van der Waals surface area contributed by atoms with Crippen LogP contribution < -0.4 is 10.2 Å². The number of rotatable bonds is 5. The van der Waals surface area contributed by atoms with Crippen LogP contribution in [0, 0.1) is 5.92 Å². The second kappa shape index (κ2) is 7.91. The average molecular weight is 372 g/mol. The maximum Gasteiger partial charge on any atom is 0.348 e. The molecule has 0 bridgehead atoms. The molecular formula is C20H24N2O3S. The van der Waals surface area contributed by atoms with E-state index in [0.29, 0.717) is 16.5 Å². The Morgan fingerprint density at radius 1 is 1.27 bits per heavy atom. The third kappa shape index (κ3) is 4.43. The molecule has 0 aliphatic heterocycles. The normalized spacial score (nSPS) is 15.9. The number of benzene rings is 1. The Morgan fingerprint density at radius 2 is 2.00 bits per heavy atom. The van der Waals surface area contributed by atoms with Crippen molar-refractivity contribution in [3.63, 3.8) is 0 Å². The molecule has 0 radical (unpaired) electrons. The predicted molar refractivity (Wildman–Crippen MR) is 105 cm³/mol. The largest absolute Gasteiger partial charge is 0.451 e. The summed E-state index contributed by atoms with van der Waals surface area (Å²) in [5, 5.41) is 2.74. The number of fused-ring (bicyclic) bond motifs is 1. The van der Waals surface area contributed by atoms with Crippen LogP contribution in [0.4, 0.5) is 11.4 Å². The molecule has 138 valence electrons. The number of esters is 1. The highest BCUT2D eigenvalue weighted by Crippen LogP contribution is 2.32. The Kier molecular flexibility index (Phi) is 5.61. The van der Waals surface area contributed by atoms with Gasteiger partial charge in [0.15, 0.2) is 6.61 Å². The van der Waals surface area contributed by atoms with Crippen molar-refractivity contribution >= 4 is 34.6 Å². The number of aryl methyl sites for hydroxylation is 1. The summed E-state index contributed by atoms with van der Waals surface area (Å²) in [5.74, 6) is -0.105. The minimum absolute atomic E-state index is 0.284. The summed E-state index contributed by atoms with van der Waals surface area (Å²) >= 11 is 1.49. The van der Waals surface area contributed by atoms with Gasteiger partial charge in [0.1, 0.15) is 4.88 Å². The highest BCUT2D eigenvalue weighted by molar-refractivity contribution is 7.14. The molecule has 0 saturated heterocycles. The number of carbonyl (C=O) groups is 2. The molecule has 1 aliphatic carbocycles. The molecule has 1 amide bonds. The summed E-state index contributed by atoms with van der Waals surface area (Å²) in [4.78, 5) is 28.1. The highest BCUT2D eigenvalue weighted by atomic mass is 32.1. The number of hydrogen-bond acceptors (Lipinski definition) is 5. The number of nitrogens with zero attached hydrogens (tertiary/aromatic N) is 1. The highest BCUT2D eigenvalue weighted by Gasteiger charge is 2.21. The first kappa shape index (κ1) is 18.5. The van der Waals surface area contributed by atoms with Crippen LogP contribution in [0.25, 0.3) is 0 Å². The quantitative estimate of drug-likeness (QED) is 0.813. The molecule has 2 aromatic rings. The summed E-state index contributed by atoms with van der Waals surface area (Å²) in [6.07, 6.45) is 3.21. The second-order valence-electron chi connectivity index (χ2n) is 6.97. The zero-order valence-corrected chi connectivity index (χ0v) is 16.2. The fraction of sp³-hybridized carbons (Fsp3) is 0.400. The number of carbonyl (C=O) groups excluding carboxylic acids is 2. The number of anilines is 2. The lowest BCUT2D eigenvalue weighted by atomic mass is 9.90. The topological polar surface area (TPSA) is 58.6 Å². The number of thiophene rings is 1. The SMILES string of the molecule is C[C@H]1CCc2sc(C(=O)OCC(=O)Nc3ccc(N(C)C)cc3)cc2C1. The van der Waals surface area contributed by atoms with Crippen molar-refractivity contribution in [2.45, 2.75) is 26.2 Å². The van der Waals surface area contributed by atoms with Gasteiger partial charge in [-0.15, -0.1) is 11.3 Å². The van der Waals surface area contributed by atoms with Crippen molar-refractivity contribution in [1.29, 1.82) is 0 Å². The number of hydrogen-bond donors (Lipinski definition) is 1. The van der Waals surface area contributed by atoms with E-state index in [9.17, 15) is 9.59 Å². The van der Waals surface area contributed by atoms with Gasteiger partial charge in [0.05, 0.1) is 0 Å². The molecule has 3 rings (SSSR count). The van der Waals surface area contributed by atoms with Gasteiger partial charge in [-0.3, -0.25) is 4.79 Å². The van der Waals surface area contributed by atoms with E-state index < -0.39 is 5.97 Å². The molecule has 1 N–H and O–H groups in total. The molecule has 0 unspecified atom stereocenters. The van der Waals surface area contributed by atoms with Crippen molar-refractivity contribution in [2.75, 3.05) is 30.9 Å². The zero-order valence-electron chi connectivity index (χ0n) is 15.4. The van der Waals surface area contributed by atoms with Gasteiger partial charge >= 0.3 is 5.97 Å². The Balaban J connectivity index is 1.52. The Bertz CT molecular complexity index is 796. The molecule has 0 spiro atoms. The monoisotopic (exact) mass is 372 g/mol. The maximum absolute atomic E-state index is 12.2. The van der Waals surface area contributed by atoms with Crippen LogP contribution in [0.1, 0.15) is 33.5 Å². The smallest absolute Gasteiger partial charge is 0.348 e. The minimum Gasteiger partial charge on any atom is -0.451 e. The molecule has 1 aliphatic rings. The molecule has 1 atom stereocenters. The Morgan fingerprint density at radius 3 is 2.69 bits per heavy atom. The van der Waals surface area contributed by atoms with Crippen LogP contribution in [-0.2, 0) is 22.4 Å². The molecule has 0 saturated carbocycles. The van der Waals surface area contributed by atoms with E-state index in [1.165, 1.54) is 21.8 Å². The third-order valence-electron chi connectivity index (χ3n) is 4.53. The first-order valence-corrected chi connectivity index (χ1v) is 9.60. The van der Waals surface area contributed by atoms with E-state index in [1.54, 1.807) is 0 Å². The minimum atomic E-state index is -0.421. The second-order valence-corrected chi connectivity index (χ2v) is 8.11.